The Morgan fingerprint density at radius 1 is 1.29 bits per heavy atom. The van der Waals surface area contributed by atoms with Crippen LogP contribution in [-0.4, -0.2) is 42.9 Å². The van der Waals surface area contributed by atoms with Crippen LogP contribution in [0.25, 0.3) is 0 Å². The molecule has 0 saturated heterocycles. The van der Waals surface area contributed by atoms with Crippen LogP contribution in [0.5, 0.6) is 0 Å². The second-order valence-electron chi connectivity index (χ2n) is 5.64. The van der Waals surface area contributed by atoms with Gasteiger partial charge in [-0.2, -0.15) is 0 Å². The summed E-state index contributed by atoms with van der Waals surface area (Å²) in [4.78, 5) is 37.4. The summed E-state index contributed by atoms with van der Waals surface area (Å²) >= 11 is 6.07. The van der Waals surface area contributed by atoms with E-state index in [0.29, 0.717) is 21.8 Å². The summed E-state index contributed by atoms with van der Waals surface area (Å²) in [6.07, 6.45) is 4.02. The van der Waals surface area contributed by atoms with E-state index in [0.717, 1.165) is 25.0 Å². The quantitative estimate of drug-likeness (QED) is 0.654. The first-order chi connectivity index (χ1) is 11.3. The number of nitrogens with one attached hydrogen (secondary N) is 1. The third kappa shape index (κ3) is 4.35. The van der Waals surface area contributed by atoms with Gasteiger partial charge in [0.25, 0.3) is 5.91 Å². The van der Waals surface area contributed by atoms with Crippen molar-refractivity contribution in [1.29, 1.82) is 0 Å². The molecule has 2 rings (SSSR count). The Kier molecular flexibility index (Phi) is 5.62. The summed E-state index contributed by atoms with van der Waals surface area (Å²) in [5, 5.41) is 3.06. The molecule has 0 aromatic heterocycles. The number of carbonyl (C=O) groups excluding carboxylic acids is 3. The molecule has 2 amide bonds. The average Bonchev–Trinajstić information content (AvgIpc) is 3.38. The van der Waals surface area contributed by atoms with Crippen molar-refractivity contribution in [2.45, 2.75) is 25.8 Å². The number of carbonyl (C=O) groups is 3. The lowest BCUT2D eigenvalue weighted by Crippen LogP contribution is -2.30. The van der Waals surface area contributed by atoms with Gasteiger partial charge in [-0.3, -0.25) is 9.59 Å². The van der Waals surface area contributed by atoms with Crippen molar-refractivity contribution in [2.75, 3.05) is 19.5 Å². The van der Waals surface area contributed by atoms with Crippen molar-refractivity contribution in [2.24, 2.45) is 0 Å². The maximum Gasteiger partial charge on any atom is 0.330 e. The van der Waals surface area contributed by atoms with Gasteiger partial charge in [0, 0.05) is 30.3 Å². The van der Waals surface area contributed by atoms with Gasteiger partial charge in [0.1, 0.15) is 0 Å². The molecule has 0 spiro atoms. The van der Waals surface area contributed by atoms with Crippen LogP contribution in [0.4, 0.5) is 5.69 Å². The fourth-order valence-corrected chi connectivity index (χ4v) is 2.54. The number of aryl methyl sites for hydroxylation is 1. The average molecular weight is 351 g/mol. The van der Waals surface area contributed by atoms with E-state index in [1.807, 2.05) is 0 Å². The van der Waals surface area contributed by atoms with E-state index in [4.69, 9.17) is 11.6 Å². The highest BCUT2D eigenvalue weighted by Crippen LogP contribution is 2.31. The molecule has 1 aliphatic rings. The third-order valence-electron chi connectivity index (χ3n) is 3.77. The highest BCUT2D eigenvalue weighted by molar-refractivity contribution is 6.31. The van der Waals surface area contributed by atoms with Crippen LogP contribution in [0.2, 0.25) is 5.02 Å². The number of esters is 1. The van der Waals surface area contributed by atoms with Gasteiger partial charge in [-0.1, -0.05) is 11.6 Å². The fourth-order valence-electron chi connectivity index (χ4n) is 2.27. The maximum atomic E-state index is 12.7. The van der Waals surface area contributed by atoms with Gasteiger partial charge < -0.3 is 15.0 Å². The van der Waals surface area contributed by atoms with E-state index in [9.17, 15) is 14.4 Å². The number of methoxy groups -OCH3 is 1. The van der Waals surface area contributed by atoms with E-state index < -0.39 is 11.9 Å². The van der Waals surface area contributed by atoms with Gasteiger partial charge in [-0.15, -0.1) is 0 Å². The number of benzene rings is 1. The van der Waals surface area contributed by atoms with E-state index in [1.54, 1.807) is 24.9 Å². The van der Waals surface area contributed by atoms with Gasteiger partial charge in [0.2, 0.25) is 5.91 Å². The molecule has 0 radical (unpaired) electrons. The number of halogens is 1. The molecule has 0 bridgehead atoms. The molecule has 0 aliphatic heterocycles. The van der Waals surface area contributed by atoms with Gasteiger partial charge in [0.15, 0.2) is 0 Å². The molecule has 128 valence electrons. The first-order valence-corrected chi connectivity index (χ1v) is 7.85. The molecule has 24 heavy (non-hydrogen) atoms. The number of rotatable bonds is 5. The molecule has 1 aromatic rings. The van der Waals surface area contributed by atoms with Crippen LogP contribution < -0.4 is 5.32 Å². The van der Waals surface area contributed by atoms with Crippen molar-refractivity contribution in [3.05, 3.63) is 40.4 Å². The third-order valence-corrected chi connectivity index (χ3v) is 3.98. The number of anilines is 1. The van der Waals surface area contributed by atoms with Crippen molar-refractivity contribution in [3.8, 4) is 0 Å². The van der Waals surface area contributed by atoms with Crippen molar-refractivity contribution >= 4 is 35.1 Å². The topological polar surface area (TPSA) is 75.7 Å². The van der Waals surface area contributed by atoms with Gasteiger partial charge in [-0.25, -0.2) is 4.79 Å². The van der Waals surface area contributed by atoms with Crippen LogP contribution in [0.1, 0.15) is 28.8 Å². The highest BCUT2D eigenvalue weighted by Gasteiger charge is 2.31. The fraction of sp³-hybridized carbons (Fsp3) is 0.353. The summed E-state index contributed by atoms with van der Waals surface area (Å²) in [6.45, 7) is 1.75. The second kappa shape index (κ2) is 7.49. The minimum Gasteiger partial charge on any atom is -0.466 e. The van der Waals surface area contributed by atoms with E-state index >= 15 is 0 Å². The summed E-state index contributed by atoms with van der Waals surface area (Å²) in [5.74, 6) is -1.37. The summed E-state index contributed by atoms with van der Waals surface area (Å²) in [7, 11) is 2.96. The molecular weight excluding hydrogens is 332 g/mol. The summed E-state index contributed by atoms with van der Waals surface area (Å²) in [5.41, 5.74) is 1.38. The Balaban J connectivity index is 2.27. The van der Waals surface area contributed by atoms with Gasteiger partial charge >= 0.3 is 5.97 Å². The molecule has 0 unspecified atom stereocenters. The predicted molar refractivity (Wildman–Crippen MR) is 91.1 cm³/mol. The van der Waals surface area contributed by atoms with Crippen LogP contribution >= 0.6 is 11.6 Å². The molecule has 1 fully saturated rings. The lowest BCUT2D eigenvalue weighted by Gasteiger charge is -2.20. The first-order valence-electron chi connectivity index (χ1n) is 7.47. The molecule has 1 aliphatic carbocycles. The van der Waals surface area contributed by atoms with Gasteiger partial charge in [0.05, 0.1) is 18.4 Å². The molecule has 0 heterocycles. The number of nitrogens with zero attached hydrogens (tertiary/aromatic N) is 1. The zero-order valence-corrected chi connectivity index (χ0v) is 14.5. The highest BCUT2D eigenvalue weighted by atomic mass is 35.5. The Hall–Kier alpha value is -2.34. The molecule has 1 N–H and O–H groups in total. The summed E-state index contributed by atoms with van der Waals surface area (Å²) in [6, 6.07) is 3.43. The maximum absolute atomic E-state index is 12.7. The molecule has 0 atom stereocenters. The standard InChI is InChI=1S/C17H19ClN2O4/c1-10-8-11(18)9-13(17(23)20(2)12-4-5-12)16(10)19-14(21)6-7-15(22)24-3/h6-9,12H,4-5H2,1-3H3,(H,19,21)/b7-6-. The van der Waals surface area contributed by atoms with E-state index in [2.05, 4.69) is 10.1 Å². The largest absolute Gasteiger partial charge is 0.466 e. The zero-order valence-electron chi connectivity index (χ0n) is 13.8. The van der Waals surface area contributed by atoms with Crippen molar-refractivity contribution < 1.29 is 19.1 Å². The van der Waals surface area contributed by atoms with Crippen LogP contribution in [0.3, 0.4) is 0 Å². The number of amides is 2. The van der Waals surface area contributed by atoms with Crippen LogP contribution in [0.15, 0.2) is 24.3 Å². The molecule has 1 saturated carbocycles. The summed E-state index contributed by atoms with van der Waals surface area (Å²) < 4.78 is 4.43. The Morgan fingerprint density at radius 2 is 1.96 bits per heavy atom. The zero-order chi connectivity index (χ0) is 17.9. The first kappa shape index (κ1) is 18.0. The Labute approximate surface area is 145 Å². The number of hydrogen-bond donors (Lipinski definition) is 1. The van der Waals surface area contributed by atoms with Crippen LogP contribution in [0, 0.1) is 6.92 Å². The van der Waals surface area contributed by atoms with E-state index in [-0.39, 0.29) is 11.9 Å². The predicted octanol–water partition coefficient (Wildman–Crippen LogP) is 2.55. The number of hydrogen-bond acceptors (Lipinski definition) is 4. The molecule has 1 aromatic carbocycles. The lowest BCUT2D eigenvalue weighted by molar-refractivity contribution is -0.135. The van der Waals surface area contributed by atoms with Gasteiger partial charge in [-0.05, 0) is 37.5 Å². The number of ether oxygens (including phenoxy) is 1. The minimum atomic E-state index is -0.636. The molecular formula is C17H19ClN2O4. The smallest absolute Gasteiger partial charge is 0.330 e. The Bertz CT molecular complexity index is 711. The normalized spacial score (nSPS) is 13.7. The van der Waals surface area contributed by atoms with Crippen molar-refractivity contribution in [3.63, 3.8) is 0 Å². The Morgan fingerprint density at radius 3 is 2.54 bits per heavy atom. The monoisotopic (exact) mass is 350 g/mol. The minimum absolute atomic E-state index is 0.199. The van der Waals surface area contributed by atoms with Crippen molar-refractivity contribution in [1.82, 2.24) is 4.90 Å². The molecule has 7 heteroatoms. The molecule has 6 nitrogen and oxygen atoms in total. The second-order valence-corrected chi connectivity index (χ2v) is 6.07. The SMILES string of the molecule is COC(=O)/C=C\C(=O)Nc1c(C)cc(Cl)cc1C(=O)N(C)C1CC1. The van der Waals surface area contributed by atoms with Crippen LogP contribution in [-0.2, 0) is 14.3 Å². The lowest BCUT2D eigenvalue weighted by atomic mass is 10.1. The van der Waals surface area contributed by atoms with E-state index in [1.165, 1.54) is 13.2 Å².